The fourth-order valence-electron chi connectivity index (χ4n) is 2.28. The number of rotatable bonds is 9. The summed E-state index contributed by atoms with van der Waals surface area (Å²) in [6.07, 6.45) is 0.884. The van der Waals surface area contributed by atoms with Gasteiger partial charge in [-0.05, 0) is 30.2 Å². The standard InChI is InChI=1S/C19H23FN2OS/c1-22(17-9-3-2-4-10-17)13-7-12-21-19(23)15-24-14-16-8-5-6-11-18(16)20/h2-6,8-11H,7,12-15H2,1H3,(H,21,23). The largest absolute Gasteiger partial charge is 0.375 e. The zero-order valence-electron chi connectivity index (χ0n) is 13.9. The van der Waals surface area contributed by atoms with Crippen LogP contribution in [0, 0.1) is 5.82 Å². The highest BCUT2D eigenvalue weighted by Crippen LogP contribution is 2.15. The quantitative estimate of drug-likeness (QED) is 0.703. The van der Waals surface area contributed by atoms with Gasteiger partial charge in [0.05, 0.1) is 5.75 Å². The predicted molar refractivity (Wildman–Crippen MR) is 99.9 cm³/mol. The smallest absolute Gasteiger partial charge is 0.230 e. The maximum Gasteiger partial charge on any atom is 0.230 e. The van der Waals surface area contributed by atoms with Gasteiger partial charge in [-0.2, -0.15) is 0 Å². The van der Waals surface area contributed by atoms with Crippen LogP contribution in [0.25, 0.3) is 0 Å². The highest BCUT2D eigenvalue weighted by atomic mass is 32.2. The monoisotopic (exact) mass is 346 g/mol. The lowest BCUT2D eigenvalue weighted by molar-refractivity contribution is -0.118. The third-order valence-corrected chi connectivity index (χ3v) is 4.62. The molecule has 5 heteroatoms. The second-order valence-corrected chi connectivity index (χ2v) is 6.53. The van der Waals surface area contributed by atoms with Crippen molar-refractivity contribution in [3.63, 3.8) is 0 Å². The Morgan fingerprint density at radius 1 is 1.12 bits per heavy atom. The highest BCUT2D eigenvalue weighted by Gasteiger charge is 2.05. The van der Waals surface area contributed by atoms with Crippen molar-refractivity contribution in [2.45, 2.75) is 12.2 Å². The number of anilines is 1. The molecule has 0 aromatic heterocycles. The summed E-state index contributed by atoms with van der Waals surface area (Å²) in [5, 5.41) is 2.91. The number of thioether (sulfide) groups is 1. The molecular formula is C19H23FN2OS. The van der Waals surface area contributed by atoms with Gasteiger partial charge in [0.2, 0.25) is 5.91 Å². The van der Waals surface area contributed by atoms with Gasteiger partial charge in [0.25, 0.3) is 0 Å². The van der Waals surface area contributed by atoms with E-state index in [1.54, 1.807) is 12.1 Å². The van der Waals surface area contributed by atoms with Crippen LogP contribution < -0.4 is 10.2 Å². The lowest BCUT2D eigenvalue weighted by atomic mass is 10.2. The van der Waals surface area contributed by atoms with E-state index in [2.05, 4.69) is 22.3 Å². The number of nitrogens with one attached hydrogen (secondary N) is 1. The van der Waals surface area contributed by atoms with Crippen LogP contribution in [0.5, 0.6) is 0 Å². The minimum Gasteiger partial charge on any atom is -0.375 e. The Hall–Kier alpha value is -2.01. The predicted octanol–water partition coefficient (Wildman–Crippen LogP) is 3.70. The Kier molecular flexibility index (Phi) is 7.62. The molecule has 3 nitrogen and oxygen atoms in total. The van der Waals surface area contributed by atoms with E-state index in [1.165, 1.54) is 23.5 Å². The van der Waals surface area contributed by atoms with E-state index < -0.39 is 0 Å². The molecule has 2 aromatic carbocycles. The molecule has 1 N–H and O–H groups in total. The van der Waals surface area contributed by atoms with E-state index in [-0.39, 0.29) is 11.7 Å². The molecule has 0 heterocycles. The maximum atomic E-state index is 13.5. The Labute approximate surface area is 147 Å². The minimum absolute atomic E-state index is 0.00120. The van der Waals surface area contributed by atoms with Gasteiger partial charge in [-0.25, -0.2) is 4.39 Å². The van der Waals surface area contributed by atoms with Crippen molar-refractivity contribution < 1.29 is 9.18 Å². The zero-order chi connectivity index (χ0) is 17.2. The van der Waals surface area contributed by atoms with E-state index in [9.17, 15) is 9.18 Å². The first-order valence-corrected chi connectivity index (χ1v) is 9.16. The molecule has 0 aliphatic carbocycles. The zero-order valence-corrected chi connectivity index (χ0v) is 14.7. The van der Waals surface area contributed by atoms with Gasteiger partial charge in [0.15, 0.2) is 0 Å². The lowest BCUT2D eigenvalue weighted by Crippen LogP contribution is -2.29. The van der Waals surface area contributed by atoms with Crippen LogP contribution in [-0.2, 0) is 10.5 Å². The average molecular weight is 346 g/mol. The second-order valence-electron chi connectivity index (χ2n) is 5.54. The molecule has 1 amide bonds. The topological polar surface area (TPSA) is 32.3 Å². The highest BCUT2D eigenvalue weighted by molar-refractivity contribution is 7.99. The van der Waals surface area contributed by atoms with Gasteiger partial charge in [0.1, 0.15) is 5.82 Å². The van der Waals surface area contributed by atoms with Gasteiger partial charge in [-0.15, -0.1) is 11.8 Å². The van der Waals surface area contributed by atoms with Gasteiger partial charge < -0.3 is 10.2 Å². The summed E-state index contributed by atoms with van der Waals surface area (Å²) in [4.78, 5) is 14.0. The van der Waals surface area contributed by atoms with E-state index in [0.29, 0.717) is 23.6 Å². The molecule has 2 rings (SSSR count). The van der Waals surface area contributed by atoms with Crippen LogP contribution in [0.15, 0.2) is 54.6 Å². The number of carbonyl (C=O) groups excluding carboxylic acids is 1. The van der Waals surface area contributed by atoms with E-state index in [1.807, 2.05) is 31.3 Å². The van der Waals surface area contributed by atoms with Crippen molar-refractivity contribution in [3.8, 4) is 0 Å². The summed E-state index contributed by atoms with van der Waals surface area (Å²) in [7, 11) is 2.04. The van der Waals surface area contributed by atoms with Crippen LogP contribution in [-0.4, -0.2) is 31.8 Å². The summed E-state index contributed by atoms with van der Waals surface area (Å²) in [5.41, 5.74) is 1.81. The molecule has 0 atom stereocenters. The molecule has 2 aromatic rings. The Morgan fingerprint density at radius 2 is 1.83 bits per heavy atom. The van der Waals surface area contributed by atoms with Crippen molar-refractivity contribution in [1.29, 1.82) is 0 Å². The molecule has 128 valence electrons. The summed E-state index contributed by atoms with van der Waals surface area (Å²) in [5.74, 6) is 0.646. The number of halogens is 1. The molecule has 0 spiro atoms. The molecular weight excluding hydrogens is 323 g/mol. The number of carbonyl (C=O) groups is 1. The summed E-state index contributed by atoms with van der Waals surface area (Å²) < 4.78 is 13.5. The van der Waals surface area contributed by atoms with Crippen molar-refractivity contribution in [3.05, 3.63) is 66.0 Å². The third kappa shape index (κ3) is 6.24. The third-order valence-electron chi connectivity index (χ3n) is 3.64. The van der Waals surface area contributed by atoms with Crippen LogP contribution >= 0.6 is 11.8 Å². The number of para-hydroxylation sites is 1. The van der Waals surface area contributed by atoms with Gasteiger partial charge >= 0.3 is 0 Å². The van der Waals surface area contributed by atoms with Gasteiger partial charge in [-0.3, -0.25) is 4.79 Å². The van der Waals surface area contributed by atoms with E-state index in [4.69, 9.17) is 0 Å². The first kappa shape index (κ1) is 18.3. The summed E-state index contributed by atoms with van der Waals surface area (Å²) >= 11 is 1.43. The van der Waals surface area contributed by atoms with Crippen molar-refractivity contribution in [2.75, 3.05) is 30.8 Å². The van der Waals surface area contributed by atoms with Crippen molar-refractivity contribution in [1.82, 2.24) is 5.32 Å². The Bertz CT molecular complexity index is 636. The second kappa shape index (κ2) is 9.98. The Morgan fingerprint density at radius 3 is 2.58 bits per heavy atom. The molecule has 0 fully saturated rings. The lowest BCUT2D eigenvalue weighted by Gasteiger charge is -2.19. The summed E-state index contributed by atoms with van der Waals surface area (Å²) in [6.45, 7) is 1.53. The van der Waals surface area contributed by atoms with E-state index in [0.717, 1.165) is 13.0 Å². The molecule has 0 saturated carbocycles. The van der Waals surface area contributed by atoms with Crippen LogP contribution in [0.3, 0.4) is 0 Å². The summed E-state index contributed by atoms with van der Waals surface area (Å²) in [6, 6.07) is 16.8. The van der Waals surface area contributed by atoms with E-state index >= 15 is 0 Å². The molecule has 0 aliphatic rings. The number of hydrogen-bond donors (Lipinski definition) is 1. The molecule has 0 unspecified atom stereocenters. The van der Waals surface area contributed by atoms with Crippen LogP contribution in [0.4, 0.5) is 10.1 Å². The molecule has 0 bridgehead atoms. The fraction of sp³-hybridized carbons (Fsp3) is 0.316. The van der Waals surface area contributed by atoms with Crippen molar-refractivity contribution in [2.24, 2.45) is 0 Å². The minimum atomic E-state index is -0.214. The molecule has 0 aliphatic heterocycles. The normalized spacial score (nSPS) is 10.4. The Balaban J connectivity index is 1.57. The number of benzene rings is 2. The first-order chi connectivity index (χ1) is 11.7. The number of nitrogens with zero attached hydrogens (tertiary/aromatic N) is 1. The molecule has 0 radical (unpaired) electrons. The average Bonchev–Trinajstić information content (AvgIpc) is 2.61. The number of amides is 1. The van der Waals surface area contributed by atoms with Gasteiger partial charge in [-0.1, -0.05) is 36.4 Å². The molecule has 24 heavy (non-hydrogen) atoms. The van der Waals surface area contributed by atoms with Gasteiger partial charge in [0, 0.05) is 31.6 Å². The van der Waals surface area contributed by atoms with Crippen LogP contribution in [0.2, 0.25) is 0 Å². The maximum absolute atomic E-state index is 13.5. The van der Waals surface area contributed by atoms with Crippen LogP contribution in [0.1, 0.15) is 12.0 Å². The SMILES string of the molecule is CN(CCCNC(=O)CSCc1ccccc1F)c1ccccc1. The molecule has 0 saturated heterocycles. The van der Waals surface area contributed by atoms with Crippen molar-refractivity contribution >= 4 is 23.4 Å². The first-order valence-electron chi connectivity index (χ1n) is 8.01. The number of hydrogen-bond acceptors (Lipinski definition) is 3. The fourth-order valence-corrected chi connectivity index (χ4v) is 3.12.